The third-order valence-electron chi connectivity index (χ3n) is 3.10. The van der Waals surface area contributed by atoms with Gasteiger partial charge in [0.2, 0.25) is 5.78 Å². The van der Waals surface area contributed by atoms with E-state index in [1.807, 2.05) is 30.3 Å². The van der Waals surface area contributed by atoms with Gasteiger partial charge in [-0.2, -0.15) is 0 Å². The van der Waals surface area contributed by atoms with Crippen LogP contribution in [-0.2, 0) is 27.4 Å². The molecule has 23 heavy (non-hydrogen) atoms. The second kappa shape index (κ2) is 8.08. The number of ether oxygens (including phenoxy) is 2. The summed E-state index contributed by atoms with van der Waals surface area (Å²) in [6.45, 7) is 1.99. The van der Waals surface area contributed by atoms with Gasteiger partial charge in [0, 0.05) is 6.42 Å². The summed E-state index contributed by atoms with van der Waals surface area (Å²) in [5.41, 5.74) is 1.32. The Morgan fingerprint density at radius 3 is 2.43 bits per heavy atom. The molecule has 0 fully saturated rings. The van der Waals surface area contributed by atoms with Crippen molar-refractivity contribution in [1.82, 2.24) is 0 Å². The Balaban J connectivity index is 1.97. The lowest BCUT2D eigenvalue weighted by molar-refractivity contribution is -0.153. The number of halogens is 1. The van der Waals surface area contributed by atoms with E-state index in [0.717, 1.165) is 5.56 Å². The Morgan fingerprint density at radius 2 is 1.78 bits per heavy atom. The summed E-state index contributed by atoms with van der Waals surface area (Å²) >= 11 is 0. The van der Waals surface area contributed by atoms with Crippen LogP contribution in [0.5, 0.6) is 5.75 Å². The molecule has 0 radical (unpaired) electrons. The van der Waals surface area contributed by atoms with Crippen molar-refractivity contribution in [1.29, 1.82) is 0 Å². The first-order valence-electron chi connectivity index (χ1n) is 7.25. The molecule has 5 heteroatoms. The number of carbonyl (C=O) groups excluding carboxylic acids is 2. The van der Waals surface area contributed by atoms with Crippen LogP contribution in [0, 0.1) is 5.82 Å². The van der Waals surface area contributed by atoms with Crippen LogP contribution in [0.3, 0.4) is 0 Å². The molecule has 0 amide bonds. The van der Waals surface area contributed by atoms with Gasteiger partial charge in [0.15, 0.2) is 11.6 Å². The second-order valence-electron chi connectivity index (χ2n) is 4.86. The van der Waals surface area contributed by atoms with Gasteiger partial charge < -0.3 is 9.47 Å². The van der Waals surface area contributed by atoms with Crippen LogP contribution in [-0.4, -0.2) is 18.4 Å². The Morgan fingerprint density at radius 1 is 1.04 bits per heavy atom. The minimum atomic E-state index is -0.905. The van der Waals surface area contributed by atoms with Crippen molar-refractivity contribution in [2.45, 2.75) is 20.0 Å². The third-order valence-corrected chi connectivity index (χ3v) is 3.10. The standard InChI is InChI=1S/C18H17FO4/c1-2-22-18(21)16(20)11-14-8-9-17(15(19)10-14)23-12-13-6-4-3-5-7-13/h3-10H,2,11-12H2,1H3. The van der Waals surface area contributed by atoms with Crippen LogP contribution in [0.1, 0.15) is 18.1 Å². The van der Waals surface area contributed by atoms with Crippen LogP contribution < -0.4 is 4.74 Å². The van der Waals surface area contributed by atoms with E-state index < -0.39 is 17.6 Å². The summed E-state index contributed by atoms with van der Waals surface area (Å²) in [7, 11) is 0. The molecule has 0 saturated heterocycles. The van der Waals surface area contributed by atoms with Crippen LogP contribution >= 0.6 is 0 Å². The molecule has 0 saturated carbocycles. The lowest BCUT2D eigenvalue weighted by Crippen LogP contribution is -2.19. The van der Waals surface area contributed by atoms with E-state index in [-0.39, 0.29) is 25.4 Å². The van der Waals surface area contributed by atoms with Gasteiger partial charge in [-0.15, -0.1) is 0 Å². The molecule has 0 unspecified atom stereocenters. The van der Waals surface area contributed by atoms with E-state index in [1.165, 1.54) is 12.1 Å². The largest absolute Gasteiger partial charge is 0.486 e. The Labute approximate surface area is 133 Å². The van der Waals surface area contributed by atoms with Crippen molar-refractivity contribution in [3.05, 3.63) is 65.5 Å². The topological polar surface area (TPSA) is 52.6 Å². The summed E-state index contributed by atoms with van der Waals surface area (Å²) in [5.74, 6) is -2.09. The van der Waals surface area contributed by atoms with Gasteiger partial charge in [-0.05, 0) is 30.2 Å². The molecule has 0 aliphatic heterocycles. The fourth-order valence-corrected chi connectivity index (χ4v) is 1.98. The van der Waals surface area contributed by atoms with Crippen molar-refractivity contribution < 1.29 is 23.5 Å². The lowest BCUT2D eigenvalue weighted by atomic mass is 10.1. The molecular formula is C18H17FO4. The average molecular weight is 316 g/mol. The number of Topliss-reactive ketones (excluding diaryl/α,β-unsaturated/α-hetero) is 1. The van der Waals surface area contributed by atoms with Gasteiger partial charge >= 0.3 is 5.97 Å². The third kappa shape index (κ3) is 4.92. The number of carbonyl (C=O) groups is 2. The fourth-order valence-electron chi connectivity index (χ4n) is 1.98. The molecule has 4 nitrogen and oxygen atoms in total. The van der Waals surface area contributed by atoms with Crippen molar-refractivity contribution in [3.63, 3.8) is 0 Å². The van der Waals surface area contributed by atoms with Crippen LogP contribution in [0.2, 0.25) is 0 Å². The predicted octanol–water partition coefficient (Wildman–Crippen LogP) is 3.08. The number of benzene rings is 2. The second-order valence-corrected chi connectivity index (χ2v) is 4.86. The highest BCUT2D eigenvalue weighted by Gasteiger charge is 2.16. The summed E-state index contributed by atoms with van der Waals surface area (Å²) in [4.78, 5) is 22.8. The zero-order valence-corrected chi connectivity index (χ0v) is 12.8. The molecule has 0 N–H and O–H groups in total. The molecule has 0 spiro atoms. The SMILES string of the molecule is CCOC(=O)C(=O)Cc1ccc(OCc2ccccc2)c(F)c1. The monoisotopic (exact) mass is 316 g/mol. The van der Waals surface area contributed by atoms with E-state index >= 15 is 0 Å². The van der Waals surface area contributed by atoms with Gasteiger partial charge in [-0.3, -0.25) is 4.79 Å². The normalized spacial score (nSPS) is 10.2. The molecule has 2 aromatic carbocycles. The quantitative estimate of drug-likeness (QED) is 0.582. The zero-order chi connectivity index (χ0) is 16.7. The van der Waals surface area contributed by atoms with E-state index in [0.29, 0.717) is 5.56 Å². The maximum absolute atomic E-state index is 14.0. The van der Waals surface area contributed by atoms with Gasteiger partial charge in [0.1, 0.15) is 6.61 Å². The summed E-state index contributed by atoms with van der Waals surface area (Å²) < 4.78 is 24.0. The Bertz CT molecular complexity index is 683. The molecule has 0 heterocycles. The van der Waals surface area contributed by atoms with Crippen LogP contribution in [0.4, 0.5) is 4.39 Å². The molecule has 0 bridgehead atoms. The van der Waals surface area contributed by atoms with Gasteiger partial charge in [-0.25, -0.2) is 9.18 Å². The Kier molecular flexibility index (Phi) is 5.86. The molecule has 2 rings (SSSR count). The molecule has 0 atom stereocenters. The van der Waals surface area contributed by atoms with Crippen LogP contribution in [0.15, 0.2) is 48.5 Å². The van der Waals surface area contributed by atoms with Crippen molar-refractivity contribution in [3.8, 4) is 5.75 Å². The fraction of sp³-hybridized carbons (Fsp3) is 0.222. The average Bonchev–Trinajstić information content (AvgIpc) is 2.55. The Hall–Kier alpha value is -2.69. The van der Waals surface area contributed by atoms with Gasteiger partial charge in [0.25, 0.3) is 0 Å². The predicted molar refractivity (Wildman–Crippen MR) is 82.5 cm³/mol. The molecule has 120 valence electrons. The van der Waals surface area contributed by atoms with Crippen molar-refractivity contribution in [2.24, 2.45) is 0 Å². The molecule has 2 aromatic rings. The molecule has 0 aromatic heterocycles. The summed E-state index contributed by atoms with van der Waals surface area (Å²) in [6, 6.07) is 13.6. The first kappa shape index (κ1) is 16.7. The lowest BCUT2D eigenvalue weighted by Gasteiger charge is -2.08. The number of ketones is 1. The van der Waals surface area contributed by atoms with Gasteiger partial charge in [0.05, 0.1) is 6.61 Å². The zero-order valence-electron chi connectivity index (χ0n) is 12.8. The van der Waals surface area contributed by atoms with E-state index in [4.69, 9.17) is 4.74 Å². The maximum atomic E-state index is 14.0. The number of hydrogen-bond acceptors (Lipinski definition) is 4. The first-order chi connectivity index (χ1) is 11.1. The van der Waals surface area contributed by atoms with E-state index in [2.05, 4.69) is 4.74 Å². The highest BCUT2D eigenvalue weighted by molar-refractivity contribution is 6.34. The van der Waals surface area contributed by atoms with E-state index in [1.54, 1.807) is 13.0 Å². The van der Waals surface area contributed by atoms with Crippen LogP contribution in [0.25, 0.3) is 0 Å². The smallest absolute Gasteiger partial charge is 0.374 e. The highest BCUT2D eigenvalue weighted by atomic mass is 19.1. The summed E-state index contributed by atoms with van der Waals surface area (Å²) in [5, 5.41) is 0. The first-order valence-corrected chi connectivity index (χ1v) is 7.25. The minimum absolute atomic E-state index is 0.0983. The maximum Gasteiger partial charge on any atom is 0.374 e. The van der Waals surface area contributed by atoms with Crippen molar-refractivity contribution >= 4 is 11.8 Å². The minimum Gasteiger partial charge on any atom is -0.486 e. The molecule has 0 aliphatic carbocycles. The van der Waals surface area contributed by atoms with E-state index in [9.17, 15) is 14.0 Å². The highest BCUT2D eigenvalue weighted by Crippen LogP contribution is 2.20. The molecular weight excluding hydrogens is 299 g/mol. The number of hydrogen-bond donors (Lipinski definition) is 0. The summed E-state index contributed by atoms with van der Waals surface area (Å²) in [6.07, 6.45) is -0.200. The number of esters is 1. The van der Waals surface area contributed by atoms with Crippen molar-refractivity contribution in [2.75, 3.05) is 6.61 Å². The number of rotatable bonds is 7. The molecule has 0 aliphatic rings. The van der Waals surface area contributed by atoms with Gasteiger partial charge in [-0.1, -0.05) is 36.4 Å².